The van der Waals surface area contributed by atoms with Crippen LogP contribution in [0.3, 0.4) is 0 Å². The second-order valence-corrected chi connectivity index (χ2v) is 6.23. The van der Waals surface area contributed by atoms with E-state index in [9.17, 15) is 0 Å². The van der Waals surface area contributed by atoms with Gasteiger partial charge < -0.3 is 10.1 Å². The molecule has 15 heavy (non-hydrogen) atoms. The fourth-order valence-electron chi connectivity index (χ4n) is 2.96. The second-order valence-electron chi connectivity index (χ2n) is 6.23. The molecule has 2 nitrogen and oxygen atoms in total. The van der Waals surface area contributed by atoms with Crippen molar-refractivity contribution < 1.29 is 4.74 Å². The number of rotatable bonds is 4. The minimum atomic E-state index is 0.187. The maximum atomic E-state index is 5.62. The predicted octanol–water partition coefficient (Wildman–Crippen LogP) is 2.72. The van der Waals surface area contributed by atoms with Crippen molar-refractivity contribution in [1.82, 2.24) is 5.32 Å². The van der Waals surface area contributed by atoms with Gasteiger partial charge >= 0.3 is 0 Å². The van der Waals surface area contributed by atoms with Crippen LogP contribution >= 0.6 is 0 Å². The molecule has 1 unspecified atom stereocenters. The molecule has 0 amide bonds. The summed E-state index contributed by atoms with van der Waals surface area (Å²) in [7, 11) is 1.86. The Hall–Kier alpha value is -0.0800. The lowest BCUT2D eigenvalue weighted by molar-refractivity contribution is -0.0708. The van der Waals surface area contributed by atoms with Crippen molar-refractivity contribution in [2.75, 3.05) is 13.7 Å². The van der Waals surface area contributed by atoms with Gasteiger partial charge in [-0.2, -0.15) is 0 Å². The molecule has 2 heteroatoms. The van der Waals surface area contributed by atoms with Gasteiger partial charge in [-0.15, -0.1) is 0 Å². The van der Waals surface area contributed by atoms with Crippen LogP contribution in [0.15, 0.2) is 0 Å². The van der Waals surface area contributed by atoms with E-state index in [-0.39, 0.29) is 5.60 Å². The molecule has 0 aromatic rings. The van der Waals surface area contributed by atoms with E-state index in [0.29, 0.717) is 5.41 Å². The third kappa shape index (κ3) is 2.54. The Morgan fingerprint density at radius 3 is 2.40 bits per heavy atom. The van der Waals surface area contributed by atoms with Crippen LogP contribution in [-0.4, -0.2) is 25.3 Å². The maximum absolute atomic E-state index is 5.62. The van der Waals surface area contributed by atoms with Crippen LogP contribution in [0.5, 0.6) is 0 Å². The van der Waals surface area contributed by atoms with Gasteiger partial charge in [0.1, 0.15) is 0 Å². The van der Waals surface area contributed by atoms with Gasteiger partial charge in [0.15, 0.2) is 0 Å². The zero-order chi connectivity index (χ0) is 10.9. The van der Waals surface area contributed by atoms with Gasteiger partial charge in [-0.05, 0) is 43.9 Å². The molecule has 0 spiro atoms. The monoisotopic (exact) mass is 211 g/mol. The summed E-state index contributed by atoms with van der Waals surface area (Å²) in [5, 5.41) is 3.71. The molecule has 0 bridgehead atoms. The first kappa shape index (κ1) is 11.4. The Bertz CT molecular complexity index is 215. The van der Waals surface area contributed by atoms with Gasteiger partial charge in [0.25, 0.3) is 0 Å². The van der Waals surface area contributed by atoms with Gasteiger partial charge in [-0.1, -0.05) is 13.8 Å². The van der Waals surface area contributed by atoms with Crippen molar-refractivity contribution in [3.05, 3.63) is 0 Å². The quantitative estimate of drug-likeness (QED) is 0.772. The highest BCUT2D eigenvalue weighted by Crippen LogP contribution is 2.38. The van der Waals surface area contributed by atoms with E-state index >= 15 is 0 Å². The maximum Gasteiger partial charge on any atom is 0.0802 e. The van der Waals surface area contributed by atoms with E-state index in [1.54, 1.807) is 0 Å². The van der Waals surface area contributed by atoms with Gasteiger partial charge in [-0.3, -0.25) is 0 Å². The Balaban J connectivity index is 1.74. The van der Waals surface area contributed by atoms with Gasteiger partial charge in [0.2, 0.25) is 0 Å². The first-order valence-corrected chi connectivity index (χ1v) is 6.34. The number of hydrogen-bond donors (Lipinski definition) is 1. The Labute approximate surface area is 93.8 Å². The molecule has 2 saturated carbocycles. The van der Waals surface area contributed by atoms with Crippen LogP contribution in [0.4, 0.5) is 0 Å². The number of nitrogens with one attached hydrogen (secondary N) is 1. The molecule has 2 aliphatic rings. The van der Waals surface area contributed by atoms with Gasteiger partial charge in [-0.25, -0.2) is 0 Å². The lowest BCUT2D eigenvalue weighted by atomic mass is 9.80. The van der Waals surface area contributed by atoms with E-state index in [1.807, 2.05) is 7.11 Å². The highest BCUT2D eigenvalue weighted by atomic mass is 16.5. The minimum Gasteiger partial charge on any atom is -0.377 e. The number of methoxy groups -OCH3 is 1. The van der Waals surface area contributed by atoms with Crippen LogP contribution in [0, 0.1) is 5.41 Å². The molecule has 0 radical (unpaired) electrons. The summed E-state index contributed by atoms with van der Waals surface area (Å²) in [4.78, 5) is 0. The first-order valence-electron chi connectivity index (χ1n) is 6.34. The molecular formula is C13H25NO. The highest BCUT2D eigenvalue weighted by Gasteiger charge is 2.38. The standard InChI is InChI=1S/C13H25NO/c1-12(2)8-5-11(9-12)14-10-13(15-3)6-4-7-13/h11,14H,4-10H2,1-3H3. The number of ether oxygens (including phenoxy) is 1. The molecular weight excluding hydrogens is 186 g/mol. The third-order valence-corrected chi connectivity index (χ3v) is 4.38. The topological polar surface area (TPSA) is 21.3 Å². The highest BCUT2D eigenvalue weighted by molar-refractivity contribution is 4.94. The summed E-state index contributed by atoms with van der Waals surface area (Å²) >= 11 is 0. The summed E-state index contributed by atoms with van der Waals surface area (Å²) in [5.74, 6) is 0. The van der Waals surface area contributed by atoms with Crippen molar-refractivity contribution in [2.24, 2.45) is 5.41 Å². The van der Waals surface area contributed by atoms with Crippen molar-refractivity contribution in [1.29, 1.82) is 0 Å². The molecule has 2 aliphatic carbocycles. The van der Waals surface area contributed by atoms with Gasteiger partial charge in [0.05, 0.1) is 5.60 Å². The molecule has 2 fully saturated rings. The van der Waals surface area contributed by atoms with Crippen molar-refractivity contribution >= 4 is 0 Å². The fourth-order valence-corrected chi connectivity index (χ4v) is 2.96. The van der Waals surface area contributed by atoms with Crippen molar-refractivity contribution in [2.45, 2.75) is 64.0 Å². The average Bonchev–Trinajstić information content (AvgIpc) is 2.45. The van der Waals surface area contributed by atoms with Crippen LogP contribution in [0.2, 0.25) is 0 Å². The molecule has 1 atom stereocenters. The predicted molar refractivity (Wildman–Crippen MR) is 63.0 cm³/mol. The van der Waals surface area contributed by atoms with E-state index in [0.717, 1.165) is 12.6 Å². The van der Waals surface area contributed by atoms with E-state index in [4.69, 9.17) is 4.74 Å². The Morgan fingerprint density at radius 1 is 1.27 bits per heavy atom. The SMILES string of the molecule is COC1(CNC2CCC(C)(C)C2)CCC1. The summed E-state index contributed by atoms with van der Waals surface area (Å²) in [5.41, 5.74) is 0.740. The van der Waals surface area contributed by atoms with Crippen molar-refractivity contribution in [3.8, 4) is 0 Å². The Morgan fingerprint density at radius 2 is 2.00 bits per heavy atom. The van der Waals surface area contributed by atoms with Crippen molar-refractivity contribution in [3.63, 3.8) is 0 Å². The van der Waals surface area contributed by atoms with Crippen LogP contribution in [0.1, 0.15) is 52.4 Å². The summed E-state index contributed by atoms with van der Waals surface area (Å²) in [6.07, 6.45) is 7.86. The molecule has 88 valence electrons. The summed E-state index contributed by atoms with van der Waals surface area (Å²) < 4.78 is 5.62. The second kappa shape index (κ2) is 4.06. The molecule has 0 aromatic carbocycles. The normalized spacial score (nSPS) is 32.6. The number of hydrogen-bond acceptors (Lipinski definition) is 2. The molecule has 0 saturated heterocycles. The Kier molecular flexibility index (Phi) is 3.09. The fraction of sp³-hybridized carbons (Fsp3) is 1.00. The van der Waals surface area contributed by atoms with Gasteiger partial charge in [0, 0.05) is 19.7 Å². The van der Waals surface area contributed by atoms with E-state index < -0.39 is 0 Å². The lowest BCUT2D eigenvalue weighted by Crippen LogP contribution is -2.50. The zero-order valence-electron chi connectivity index (χ0n) is 10.4. The smallest absolute Gasteiger partial charge is 0.0802 e. The van der Waals surface area contributed by atoms with E-state index in [1.165, 1.54) is 38.5 Å². The van der Waals surface area contributed by atoms with Crippen LogP contribution in [-0.2, 0) is 4.74 Å². The lowest BCUT2D eigenvalue weighted by Gasteiger charge is -2.41. The van der Waals surface area contributed by atoms with E-state index in [2.05, 4.69) is 19.2 Å². The zero-order valence-corrected chi connectivity index (χ0v) is 10.4. The van der Waals surface area contributed by atoms with Crippen LogP contribution in [0.25, 0.3) is 0 Å². The summed E-state index contributed by atoms with van der Waals surface area (Å²) in [6.45, 7) is 5.82. The third-order valence-electron chi connectivity index (χ3n) is 4.38. The first-order chi connectivity index (χ1) is 7.05. The molecule has 0 aliphatic heterocycles. The average molecular weight is 211 g/mol. The molecule has 2 rings (SSSR count). The molecule has 0 aromatic heterocycles. The minimum absolute atomic E-state index is 0.187. The molecule has 1 N–H and O–H groups in total. The van der Waals surface area contributed by atoms with Crippen LogP contribution < -0.4 is 5.32 Å². The largest absolute Gasteiger partial charge is 0.377 e. The molecule has 0 heterocycles. The summed E-state index contributed by atoms with van der Waals surface area (Å²) in [6, 6.07) is 0.729.